The van der Waals surface area contributed by atoms with Gasteiger partial charge in [-0.15, -0.1) is 0 Å². The highest BCUT2D eigenvalue weighted by Crippen LogP contribution is 2.00. The number of H-pyrrole nitrogens is 1. The fourth-order valence-electron chi connectivity index (χ4n) is 1.81. The number of rotatable bonds is 3. The molecule has 0 bridgehead atoms. The molecule has 6 nitrogen and oxygen atoms in total. The molecule has 0 saturated heterocycles. The van der Waals surface area contributed by atoms with Crippen molar-refractivity contribution in [1.82, 2.24) is 19.1 Å². The second-order valence-electron chi connectivity index (χ2n) is 3.58. The first-order valence-electron chi connectivity index (χ1n) is 5.37. The van der Waals surface area contributed by atoms with Gasteiger partial charge in [-0.05, 0) is 13.3 Å². The van der Waals surface area contributed by atoms with Gasteiger partial charge in [0.2, 0.25) is 0 Å². The van der Waals surface area contributed by atoms with E-state index in [0.29, 0.717) is 24.3 Å². The zero-order chi connectivity index (χ0) is 11.7. The van der Waals surface area contributed by atoms with Crippen LogP contribution in [0.3, 0.4) is 0 Å². The van der Waals surface area contributed by atoms with Crippen molar-refractivity contribution in [2.75, 3.05) is 0 Å². The molecule has 2 aromatic heterocycles. The quantitative estimate of drug-likeness (QED) is 0.812. The van der Waals surface area contributed by atoms with E-state index in [0.717, 1.165) is 6.42 Å². The summed E-state index contributed by atoms with van der Waals surface area (Å²) in [5, 5.41) is 0. The second kappa shape index (κ2) is 3.96. The van der Waals surface area contributed by atoms with Crippen LogP contribution in [0.25, 0.3) is 11.2 Å². The molecule has 0 fully saturated rings. The SMILES string of the molecule is CCCn1c(=O)c2[nH]cnc2n(CC)c1=O. The molecule has 2 aromatic rings. The van der Waals surface area contributed by atoms with E-state index < -0.39 is 0 Å². The molecule has 0 unspecified atom stereocenters. The van der Waals surface area contributed by atoms with Crippen LogP contribution in [-0.4, -0.2) is 19.1 Å². The predicted molar refractivity (Wildman–Crippen MR) is 60.6 cm³/mol. The Kier molecular flexibility index (Phi) is 2.64. The monoisotopic (exact) mass is 222 g/mol. The van der Waals surface area contributed by atoms with Crippen LogP contribution in [0.5, 0.6) is 0 Å². The van der Waals surface area contributed by atoms with Crippen molar-refractivity contribution in [3.8, 4) is 0 Å². The molecule has 0 atom stereocenters. The van der Waals surface area contributed by atoms with Gasteiger partial charge >= 0.3 is 5.69 Å². The van der Waals surface area contributed by atoms with E-state index in [1.807, 2.05) is 13.8 Å². The van der Waals surface area contributed by atoms with Gasteiger partial charge in [0.15, 0.2) is 5.65 Å². The van der Waals surface area contributed by atoms with Crippen molar-refractivity contribution in [3.63, 3.8) is 0 Å². The van der Waals surface area contributed by atoms with Crippen molar-refractivity contribution < 1.29 is 0 Å². The number of fused-ring (bicyclic) bond motifs is 1. The Morgan fingerprint density at radius 1 is 1.31 bits per heavy atom. The van der Waals surface area contributed by atoms with Gasteiger partial charge < -0.3 is 4.98 Å². The van der Waals surface area contributed by atoms with E-state index >= 15 is 0 Å². The summed E-state index contributed by atoms with van der Waals surface area (Å²) in [6.45, 7) is 4.73. The van der Waals surface area contributed by atoms with Gasteiger partial charge in [-0.3, -0.25) is 13.9 Å². The van der Waals surface area contributed by atoms with Crippen LogP contribution < -0.4 is 11.2 Å². The first-order chi connectivity index (χ1) is 7.70. The first-order valence-corrected chi connectivity index (χ1v) is 5.37. The Labute approximate surface area is 91.5 Å². The first kappa shape index (κ1) is 10.7. The van der Waals surface area contributed by atoms with Crippen LogP contribution in [0.2, 0.25) is 0 Å². The normalized spacial score (nSPS) is 11.1. The molecule has 86 valence electrons. The lowest BCUT2D eigenvalue weighted by Gasteiger charge is -2.08. The summed E-state index contributed by atoms with van der Waals surface area (Å²) < 4.78 is 2.76. The van der Waals surface area contributed by atoms with Crippen molar-refractivity contribution >= 4 is 11.2 Å². The minimum atomic E-state index is -0.288. The Morgan fingerprint density at radius 3 is 2.69 bits per heavy atom. The van der Waals surface area contributed by atoms with Gasteiger partial charge in [-0.1, -0.05) is 6.92 Å². The summed E-state index contributed by atoms with van der Waals surface area (Å²) in [5.41, 5.74) is 0.262. The third-order valence-corrected chi connectivity index (χ3v) is 2.56. The highest BCUT2D eigenvalue weighted by Gasteiger charge is 2.12. The van der Waals surface area contributed by atoms with Gasteiger partial charge in [0.25, 0.3) is 5.56 Å². The number of hydrogen-bond acceptors (Lipinski definition) is 3. The van der Waals surface area contributed by atoms with E-state index in [9.17, 15) is 9.59 Å². The maximum Gasteiger partial charge on any atom is 0.332 e. The fourth-order valence-corrected chi connectivity index (χ4v) is 1.81. The molecule has 0 aliphatic rings. The third kappa shape index (κ3) is 1.37. The van der Waals surface area contributed by atoms with Crippen LogP contribution in [0.15, 0.2) is 15.9 Å². The Bertz CT molecular complexity index is 620. The van der Waals surface area contributed by atoms with Crippen molar-refractivity contribution in [1.29, 1.82) is 0 Å². The molecule has 2 heterocycles. The molecule has 0 amide bonds. The summed E-state index contributed by atoms with van der Waals surface area (Å²) in [6, 6.07) is 0. The number of nitrogens with zero attached hydrogens (tertiary/aromatic N) is 3. The lowest BCUT2D eigenvalue weighted by Crippen LogP contribution is -2.39. The van der Waals surface area contributed by atoms with E-state index in [1.165, 1.54) is 15.5 Å². The van der Waals surface area contributed by atoms with Crippen LogP contribution >= 0.6 is 0 Å². The summed E-state index contributed by atoms with van der Waals surface area (Å²) >= 11 is 0. The highest BCUT2D eigenvalue weighted by atomic mass is 16.2. The molecular formula is C10H14N4O2. The number of hydrogen-bond donors (Lipinski definition) is 1. The Balaban J connectivity index is 2.91. The molecule has 2 rings (SSSR count). The standard InChI is InChI=1S/C10H14N4O2/c1-3-5-14-9(15)7-8(12-6-11-7)13(4-2)10(14)16/h6H,3-5H2,1-2H3,(H,11,12). The second-order valence-corrected chi connectivity index (χ2v) is 3.58. The van der Waals surface area contributed by atoms with E-state index in [2.05, 4.69) is 9.97 Å². The highest BCUT2D eigenvalue weighted by molar-refractivity contribution is 5.68. The largest absolute Gasteiger partial charge is 0.339 e. The lowest BCUT2D eigenvalue weighted by atomic mass is 10.4. The van der Waals surface area contributed by atoms with E-state index in [1.54, 1.807) is 0 Å². The average molecular weight is 222 g/mol. The van der Waals surface area contributed by atoms with Crippen molar-refractivity contribution in [3.05, 3.63) is 27.2 Å². The fraction of sp³-hybridized carbons (Fsp3) is 0.500. The van der Waals surface area contributed by atoms with E-state index in [4.69, 9.17) is 0 Å². The third-order valence-electron chi connectivity index (χ3n) is 2.56. The summed E-state index contributed by atoms with van der Waals surface area (Å²) in [4.78, 5) is 30.7. The molecular weight excluding hydrogens is 208 g/mol. The molecule has 0 spiro atoms. The molecule has 16 heavy (non-hydrogen) atoms. The van der Waals surface area contributed by atoms with Gasteiger partial charge in [-0.25, -0.2) is 9.78 Å². The molecule has 0 aromatic carbocycles. The van der Waals surface area contributed by atoms with Gasteiger partial charge in [-0.2, -0.15) is 0 Å². The van der Waals surface area contributed by atoms with Gasteiger partial charge in [0.05, 0.1) is 6.33 Å². The zero-order valence-corrected chi connectivity index (χ0v) is 9.36. The summed E-state index contributed by atoms with van der Waals surface area (Å²) in [5.74, 6) is 0. The van der Waals surface area contributed by atoms with Crippen molar-refractivity contribution in [2.45, 2.75) is 33.4 Å². The van der Waals surface area contributed by atoms with Crippen LogP contribution in [0.4, 0.5) is 0 Å². The zero-order valence-electron chi connectivity index (χ0n) is 9.36. The number of nitrogens with one attached hydrogen (secondary N) is 1. The number of aryl methyl sites for hydroxylation is 1. The predicted octanol–water partition coefficient (Wildman–Crippen LogP) is 0.316. The molecule has 0 radical (unpaired) electrons. The summed E-state index contributed by atoms with van der Waals surface area (Å²) in [6.07, 6.45) is 2.19. The molecule has 1 N–H and O–H groups in total. The molecule has 0 saturated carbocycles. The number of imidazole rings is 1. The Hall–Kier alpha value is -1.85. The minimum absolute atomic E-state index is 0.283. The van der Waals surface area contributed by atoms with Crippen LogP contribution in [0, 0.1) is 0 Å². The van der Waals surface area contributed by atoms with Crippen LogP contribution in [-0.2, 0) is 13.1 Å². The van der Waals surface area contributed by atoms with E-state index in [-0.39, 0.29) is 11.2 Å². The molecule has 6 heteroatoms. The van der Waals surface area contributed by atoms with Crippen LogP contribution in [0.1, 0.15) is 20.3 Å². The minimum Gasteiger partial charge on any atom is -0.339 e. The molecule has 0 aliphatic heterocycles. The van der Waals surface area contributed by atoms with Gasteiger partial charge in [0.1, 0.15) is 5.52 Å². The Morgan fingerprint density at radius 2 is 2.06 bits per heavy atom. The number of aromatic nitrogens is 4. The maximum absolute atomic E-state index is 12.0. The van der Waals surface area contributed by atoms with Crippen molar-refractivity contribution in [2.24, 2.45) is 0 Å². The molecule has 0 aliphatic carbocycles. The van der Waals surface area contributed by atoms with Gasteiger partial charge in [0, 0.05) is 13.1 Å². The average Bonchev–Trinajstić information content (AvgIpc) is 2.74. The lowest BCUT2D eigenvalue weighted by molar-refractivity contribution is 0.572. The smallest absolute Gasteiger partial charge is 0.332 e. The maximum atomic E-state index is 12.0. The topological polar surface area (TPSA) is 72.7 Å². The number of aromatic amines is 1. The summed E-state index contributed by atoms with van der Waals surface area (Å²) in [7, 11) is 0.